The third-order valence-electron chi connectivity index (χ3n) is 3.73. The molecule has 0 aliphatic carbocycles. The van der Waals surface area contributed by atoms with Crippen LogP contribution in [0.5, 0.6) is 0 Å². The molecule has 4 nitrogen and oxygen atoms in total. The molecule has 1 aromatic heterocycles. The van der Waals surface area contributed by atoms with Gasteiger partial charge in [-0.15, -0.1) is 12.6 Å². The fourth-order valence-corrected chi connectivity index (χ4v) is 2.64. The molecule has 0 radical (unpaired) electrons. The van der Waals surface area contributed by atoms with E-state index in [9.17, 15) is 0 Å². The summed E-state index contributed by atoms with van der Waals surface area (Å²) in [5, 5.41) is 0. The first kappa shape index (κ1) is 18.1. The Morgan fingerprint density at radius 3 is 2.25 bits per heavy atom. The minimum absolute atomic E-state index is 0.547. The van der Waals surface area contributed by atoms with Crippen molar-refractivity contribution in [2.75, 3.05) is 23.7 Å². The molecule has 0 spiro atoms. The predicted octanol–water partition coefficient (Wildman–Crippen LogP) is 4.37. The van der Waals surface area contributed by atoms with Crippen LogP contribution in [0, 0.1) is 0 Å². The van der Waals surface area contributed by atoms with Gasteiger partial charge >= 0.3 is 0 Å². The zero-order valence-corrected chi connectivity index (χ0v) is 14.8. The zero-order valence-electron chi connectivity index (χ0n) is 13.9. The molecule has 2 aromatic rings. The molecule has 0 saturated carbocycles. The fraction of sp³-hybridized carbons (Fsp3) is 0.263. The summed E-state index contributed by atoms with van der Waals surface area (Å²) in [6.45, 7) is 9.04. The van der Waals surface area contributed by atoms with Crippen LogP contribution >= 0.6 is 12.6 Å². The number of hydrogen-bond acceptors (Lipinski definition) is 5. The SMILES string of the molecule is C=C/C=C(/S)C=C.Nc1nc2ccccc2nc1N1CCCCC1. The topological polar surface area (TPSA) is 55.0 Å². The number of allylic oxidation sites excluding steroid dienone is 3. The molecular weight excluding hydrogens is 316 g/mol. The lowest BCUT2D eigenvalue weighted by atomic mass is 10.1. The standard InChI is InChI=1S/C13H16N4.C6H8S/c14-12-13(17-8-4-1-5-9-17)16-11-7-3-2-6-10(11)15-12;1-3-5-6(7)4-2/h2-3,6-7H,1,4-5,8-9H2,(H2,14,15);3-5,7H,1-2H2/b;6-5+. The van der Waals surface area contributed by atoms with Gasteiger partial charge in [-0.25, -0.2) is 9.97 Å². The third kappa shape index (κ3) is 4.86. The van der Waals surface area contributed by atoms with Gasteiger partial charge in [-0.1, -0.05) is 37.4 Å². The number of nitrogen functional groups attached to an aromatic ring is 1. The molecule has 126 valence electrons. The molecule has 0 bridgehead atoms. The van der Waals surface area contributed by atoms with Crippen molar-refractivity contribution in [3.05, 3.63) is 60.6 Å². The Hall–Kier alpha value is -2.27. The van der Waals surface area contributed by atoms with E-state index in [1.165, 1.54) is 19.3 Å². The lowest BCUT2D eigenvalue weighted by molar-refractivity contribution is 0.574. The Bertz CT molecular complexity index is 733. The van der Waals surface area contributed by atoms with Gasteiger partial charge in [0, 0.05) is 18.0 Å². The molecule has 1 saturated heterocycles. The molecule has 1 aliphatic rings. The van der Waals surface area contributed by atoms with E-state index < -0.39 is 0 Å². The molecule has 1 aliphatic heterocycles. The summed E-state index contributed by atoms with van der Waals surface area (Å²) in [6.07, 6.45) is 8.84. The smallest absolute Gasteiger partial charge is 0.172 e. The van der Waals surface area contributed by atoms with E-state index in [-0.39, 0.29) is 0 Å². The maximum absolute atomic E-state index is 6.00. The second-order valence-corrected chi connectivity index (χ2v) is 6.02. The van der Waals surface area contributed by atoms with Crippen LogP contribution in [-0.2, 0) is 0 Å². The Labute approximate surface area is 149 Å². The summed E-state index contributed by atoms with van der Waals surface area (Å²) < 4.78 is 0. The van der Waals surface area contributed by atoms with Crippen LogP contribution < -0.4 is 10.6 Å². The van der Waals surface area contributed by atoms with Crippen LogP contribution in [-0.4, -0.2) is 23.1 Å². The molecule has 5 heteroatoms. The number of thiol groups is 1. The summed E-state index contributed by atoms with van der Waals surface area (Å²) in [5.74, 6) is 1.40. The van der Waals surface area contributed by atoms with Gasteiger partial charge in [0.1, 0.15) is 0 Å². The maximum atomic E-state index is 6.00. The second kappa shape index (κ2) is 9.13. The first-order valence-electron chi connectivity index (χ1n) is 8.07. The van der Waals surface area contributed by atoms with Crippen molar-refractivity contribution < 1.29 is 0 Å². The van der Waals surface area contributed by atoms with E-state index in [0.29, 0.717) is 5.82 Å². The highest BCUT2D eigenvalue weighted by Crippen LogP contribution is 2.24. The molecular formula is C19H24N4S. The van der Waals surface area contributed by atoms with Gasteiger partial charge in [-0.3, -0.25) is 0 Å². The van der Waals surface area contributed by atoms with Gasteiger partial charge in [-0.2, -0.15) is 0 Å². The highest BCUT2D eigenvalue weighted by Gasteiger charge is 2.16. The average Bonchev–Trinajstić information content (AvgIpc) is 2.62. The Morgan fingerprint density at radius 1 is 1.08 bits per heavy atom. The van der Waals surface area contributed by atoms with Crippen molar-refractivity contribution >= 4 is 35.3 Å². The van der Waals surface area contributed by atoms with E-state index in [1.54, 1.807) is 18.2 Å². The van der Waals surface area contributed by atoms with Crippen molar-refractivity contribution in [2.45, 2.75) is 19.3 Å². The number of piperidine rings is 1. The van der Waals surface area contributed by atoms with E-state index in [1.807, 2.05) is 24.3 Å². The normalized spacial score (nSPS) is 14.7. The highest BCUT2D eigenvalue weighted by atomic mass is 32.1. The fourth-order valence-electron chi connectivity index (χ4n) is 2.53. The van der Waals surface area contributed by atoms with E-state index in [0.717, 1.165) is 34.8 Å². The van der Waals surface area contributed by atoms with Crippen LogP contribution in [0.15, 0.2) is 60.6 Å². The molecule has 1 fully saturated rings. The summed E-state index contributed by atoms with van der Waals surface area (Å²) in [7, 11) is 0. The van der Waals surface area contributed by atoms with E-state index >= 15 is 0 Å². The van der Waals surface area contributed by atoms with Crippen LogP contribution in [0.25, 0.3) is 11.0 Å². The van der Waals surface area contributed by atoms with E-state index in [4.69, 9.17) is 5.73 Å². The monoisotopic (exact) mass is 340 g/mol. The minimum atomic E-state index is 0.547. The zero-order chi connectivity index (χ0) is 17.4. The summed E-state index contributed by atoms with van der Waals surface area (Å²) in [4.78, 5) is 12.2. The number of aromatic nitrogens is 2. The highest BCUT2D eigenvalue weighted by molar-refractivity contribution is 7.84. The molecule has 0 unspecified atom stereocenters. The number of para-hydroxylation sites is 2. The number of hydrogen-bond donors (Lipinski definition) is 2. The van der Waals surface area contributed by atoms with Gasteiger partial charge in [0.2, 0.25) is 0 Å². The molecule has 1 aromatic carbocycles. The predicted molar refractivity (Wildman–Crippen MR) is 107 cm³/mol. The van der Waals surface area contributed by atoms with Crippen LogP contribution in [0.1, 0.15) is 19.3 Å². The summed E-state index contributed by atoms with van der Waals surface area (Å²) in [6, 6.07) is 7.86. The van der Waals surface area contributed by atoms with Crippen LogP contribution in [0.4, 0.5) is 11.6 Å². The van der Waals surface area contributed by atoms with Gasteiger partial charge in [0.25, 0.3) is 0 Å². The molecule has 0 amide bonds. The number of fused-ring (bicyclic) bond motifs is 1. The Balaban J connectivity index is 0.000000256. The molecule has 24 heavy (non-hydrogen) atoms. The summed E-state index contributed by atoms with van der Waals surface area (Å²) in [5.41, 5.74) is 7.79. The van der Waals surface area contributed by atoms with Gasteiger partial charge in [-0.05, 0) is 37.5 Å². The number of nitrogens with zero attached hydrogens (tertiary/aromatic N) is 3. The molecule has 3 rings (SSSR count). The number of benzene rings is 1. The van der Waals surface area contributed by atoms with Gasteiger partial charge < -0.3 is 10.6 Å². The van der Waals surface area contributed by atoms with Crippen LogP contribution in [0.2, 0.25) is 0 Å². The van der Waals surface area contributed by atoms with Crippen molar-refractivity contribution in [1.29, 1.82) is 0 Å². The molecule has 2 heterocycles. The van der Waals surface area contributed by atoms with Gasteiger partial charge in [0.05, 0.1) is 11.0 Å². The van der Waals surface area contributed by atoms with Gasteiger partial charge in [0.15, 0.2) is 11.6 Å². The van der Waals surface area contributed by atoms with Crippen LogP contribution in [0.3, 0.4) is 0 Å². The molecule has 2 N–H and O–H groups in total. The first-order valence-corrected chi connectivity index (χ1v) is 8.51. The van der Waals surface area contributed by atoms with Crippen molar-refractivity contribution in [1.82, 2.24) is 9.97 Å². The summed E-state index contributed by atoms with van der Waals surface area (Å²) >= 11 is 3.98. The number of nitrogens with two attached hydrogens (primary N) is 1. The van der Waals surface area contributed by atoms with Crippen molar-refractivity contribution in [2.24, 2.45) is 0 Å². The average molecular weight is 340 g/mol. The Kier molecular flexibility index (Phi) is 6.88. The molecule has 0 atom stereocenters. The Morgan fingerprint density at radius 2 is 1.71 bits per heavy atom. The maximum Gasteiger partial charge on any atom is 0.172 e. The van der Waals surface area contributed by atoms with Crippen molar-refractivity contribution in [3.63, 3.8) is 0 Å². The lowest BCUT2D eigenvalue weighted by Crippen LogP contribution is -2.31. The largest absolute Gasteiger partial charge is 0.381 e. The van der Waals surface area contributed by atoms with E-state index in [2.05, 4.69) is 40.7 Å². The lowest BCUT2D eigenvalue weighted by Gasteiger charge is -2.28. The number of anilines is 2. The second-order valence-electron chi connectivity index (χ2n) is 5.50. The quantitative estimate of drug-likeness (QED) is 0.643. The first-order chi connectivity index (χ1) is 11.7. The van der Waals surface area contributed by atoms with Crippen molar-refractivity contribution in [3.8, 4) is 0 Å². The number of rotatable bonds is 3. The minimum Gasteiger partial charge on any atom is -0.381 e. The third-order valence-corrected chi connectivity index (χ3v) is 4.06.